The van der Waals surface area contributed by atoms with E-state index >= 15 is 0 Å². The van der Waals surface area contributed by atoms with E-state index in [0.29, 0.717) is 39.3 Å². The van der Waals surface area contributed by atoms with Gasteiger partial charge >= 0.3 is 0 Å². The first-order chi connectivity index (χ1) is 16.7. The third-order valence-electron chi connectivity index (χ3n) is 6.29. The Labute approximate surface area is 205 Å². The Kier molecular flexibility index (Phi) is 7.51. The molecule has 9 nitrogen and oxygen atoms in total. The number of carbonyl (C=O) groups excluding carboxylic acids is 3. The second kappa shape index (κ2) is 10.6. The molecular formula is C25H29N3O6S. The first-order valence-corrected chi connectivity index (χ1v) is 13.6. The number of hydrogen-bond donors (Lipinski definition) is 0. The number of imide groups is 1. The summed E-state index contributed by atoms with van der Waals surface area (Å²) in [6.07, 6.45) is 0.946. The molecule has 2 heterocycles. The zero-order valence-electron chi connectivity index (χ0n) is 19.6. The van der Waals surface area contributed by atoms with Crippen molar-refractivity contribution in [2.75, 3.05) is 51.3 Å². The molecule has 4 rings (SSSR count). The van der Waals surface area contributed by atoms with Crippen molar-refractivity contribution in [3.63, 3.8) is 0 Å². The maximum absolute atomic E-state index is 13.5. The van der Waals surface area contributed by atoms with Crippen LogP contribution in [-0.2, 0) is 14.6 Å². The Morgan fingerprint density at radius 3 is 2.06 bits per heavy atom. The minimum Gasteiger partial charge on any atom is -0.492 e. The molecule has 10 heteroatoms. The largest absolute Gasteiger partial charge is 0.492 e. The van der Waals surface area contributed by atoms with Crippen molar-refractivity contribution in [3.05, 3.63) is 65.7 Å². The molecular weight excluding hydrogens is 470 g/mol. The molecule has 186 valence electrons. The first kappa shape index (κ1) is 24.9. The molecule has 1 fully saturated rings. The summed E-state index contributed by atoms with van der Waals surface area (Å²) in [4.78, 5) is 44.3. The number of rotatable bonds is 9. The Bertz CT molecular complexity index is 1160. The Balaban J connectivity index is 1.40. The Hall–Kier alpha value is -3.24. The van der Waals surface area contributed by atoms with Gasteiger partial charge in [0.15, 0.2) is 0 Å². The van der Waals surface area contributed by atoms with Gasteiger partial charge in [-0.1, -0.05) is 30.3 Å². The van der Waals surface area contributed by atoms with E-state index in [1.54, 1.807) is 29.2 Å². The van der Waals surface area contributed by atoms with Gasteiger partial charge in [-0.2, -0.15) is 0 Å². The number of carbonyl (C=O) groups is 3. The average molecular weight is 500 g/mol. The summed E-state index contributed by atoms with van der Waals surface area (Å²) >= 11 is 0. The fraction of sp³-hybridized carbons (Fsp3) is 0.400. The number of piperazine rings is 1. The molecule has 0 radical (unpaired) electrons. The van der Waals surface area contributed by atoms with Crippen LogP contribution < -0.4 is 4.74 Å². The molecule has 2 aromatic carbocycles. The van der Waals surface area contributed by atoms with Gasteiger partial charge in [0.1, 0.15) is 28.2 Å². The van der Waals surface area contributed by atoms with E-state index in [2.05, 4.69) is 4.90 Å². The normalized spacial score (nSPS) is 17.4. The maximum Gasteiger partial charge on any atom is 0.262 e. The lowest BCUT2D eigenvalue weighted by molar-refractivity contribution is -0.137. The molecule has 2 aliphatic heterocycles. The lowest BCUT2D eigenvalue weighted by atomic mass is 10.1. The predicted octanol–water partition coefficient (Wildman–Crippen LogP) is 1.31. The van der Waals surface area contributed by atoms with E-state index < -0.39 is 33.6 Å². The second-order valence-electron chi connectivity index (χ2n) is 8.79. The van der Waals surface area contributed by atoms with Crippen molar-refractivity contribution in [2.24, 2.45) is 0 Å². The van der Waals surface area contributed by atoms with E-state index in [-0.39, 0.29) is 23.3 Å². The molecule has 1 saturated heterocycles. The smallest absolute Gasteiger partial charge is 0.262 e. The molecule has 0 aliphatic carbocycles. The van der Waals surface area contributed by atoms with Crippen molar-refractivity contribution in [1.82, 2.24) is 14.7 Å². The molecule has 0 aromatic heterocycles. The maximum atomic E-state index is 13.5. The van der Waals surface area contributed by atoms with Crippen LogP contribution in [0.15, 0.2) is 54.6 Å². The van der Waals surface area contributed by atoms with Crippen molar-refractivity contribution >= 4 is 27.6 Å². The molecule has 3 amide bonds. The van der Waals surface area contributed by atoms with Gasteiger partial charge in [-0.25, -0.2) is 8.42 Å². The minimum atomic E-state index is -3.40. The molecule has 1 atom stereocenters. The average Bonchev–Trinajstić information content (AvgIpc) is 3.10. The summed E-state index contributed by atoms with van der Waals surface area (Å²) in [5, 5.41) is 0. The van der Waals surface area contributed by atoms with Crippen LogP contribution in [0.3, 0.4) is 0 Å². The van der Waals surface area contributed by atoms with E-state index in [0.717, 1.165) is 16.9 Å². The molecule has 0 spiro atoms. The minimum absolute atomic E-state index is 0.131. The number of sulfone groups is 1. The summed E-state index contributed by atoms with van der Waals surface area (Å²) in [6.45, 7) is 3.29. The van der Waals surface area contributed by atoms with Gasteiger partial charge in [-0.3, -0.25) is 24.2 Å². The van der Waals surface area contributed by atoms with Crippen LogP contribution in [-0.4, -0.2) is 98.2 Å². The van der Waals surface area contributed by atoms with Crippen LogP contribution in [0.4, 0.5) is 0 Å². The van der Waals surface area contributed by atoms with Crippen LogP contribution in [0.25, 0.3) is 0 Å². The fourth-order valence-corrected chi connectivity index (χ4v) is 5.04. The Morgan fingerprint density at radius 2 is 1.49 bits per heavy atom. The lowest BCUT2D eigenvalue weighted by Crippen LogP contribution is -2.56. The SMILES string of the molecule is CS(=O)(=O)CC[C@H](C(=O)N1CCN(CCOc2ccccc2)CC1)N1C(=O)c2ccccc2C1=O. The number of hydrogen-bond acceptors (Lipinski definition) is 7. The van der Waals surface area contributed by atoms with Crippen LogP contribution in [0.1, 0.15) is 27.1 Å². The number of nitrogens with zero attached hydrogens (tertiary/aromatic N) is 3. The molecule has 0 unspecified atom stereocenters. The highest BCUT2D eigenvalue weighted by Crippen LogP contribution is 2.27. The Morgan fingerprint density at radius 1 is 0.914 bits per heavy atom. The number of fused-ring (bicyclic) bond motifs is 1. The van der Waals surface area contributed by atoms with E-state index in [1.165, 1.54) is 0 Å². The van der Waals surface area contributed by atoms with Crippen LogP contribution >= 0.6 is 0 Å². The summed E-state index contributed by atoms with van der Waals surface area (Å²) in [6, 6.07) is 14.8. The number of para-hydroxylation sites is 1. The highest BCUT2D eigenvalue weighted by Gasteiger charge is 2.44. The standard InChI is InChI=1S/C25H29N3O6S/c1-35(32,33)18-11-22(28-23(29)20-9-5-6-10-21(20)24(28)30)25(31)27-14-12-26(13-15-27)16-17-34-19-7-3-2-4-8-19/h2-10,22H,11-18H2,1H3/t22-/m1/s1. The zero-order chi connectivity index (χ0) is 25.0. The highest BCUT2D eigenvalue weighted by molar-refractivity contribution is 7.90. The summed E-state index contributed by atoms with van der Waals surface area (Å²) in [7, 11) is -3.40. The third kappa shape index (κ3) is 5.88. The molecule has 0 bridgehead atoms. The van der Waals surface area contributed by atoms with Crippen molar-refractivity contribution in [1.29, 1.82) is 0 Å². The van der Waals surface area contributed by atoms with Gasteiger partial charge in [0.05, 0.1) is 16.9 Å². The highest BCUT2D eigenvalue weighted by atomic mass is 32.2. The van der Waals surface area contributed by atoms with Gasteiger partial charge in [0.2, 0.25) is 5.91 Å². The number of benzene rings is 2. The molecule has 2 aliphatic rings. The van der Waals surface area contributed by atoms with E-state index in [1.807, 2.05) is 30.3 Å². The topological polar surface area (TPSA) is 104 Å². The lowest BCUT2D eigenvalue weighted by Gasteiger charge is -2.37. The zero-order valence-corrected chi connectivity index (χ0v) is 20.4. The van der Waals surface area contributed by atoms with Crippen LogP contribution in [0.5, 0.6) is 5.75 Å². The molecule has 0 N–H and O–H groups in total. The van der Waals surface area contributed by atoms with Gasteiger partial charge in [-0.15, -0.1) is 0 Å². The third-order valence-corrected chi connectivity index (χ3v) is 7.26. The quantitative estimate of drug-likeness (QED) is 0.479. The first-order valence-electron chi connectivity index (χ1n) is 11.6. The van der Waals surface area contributed by atoms with Gasteiger partial charge in [-0.05, 0) is 30.7 Å². The molecule has 35 heavy (non-hydrogen) atoms. The number of amides is 3. The second-order valence-corrected chi connectivity index (χ2v) is 11.0. The summed E-state index contributed by atoms with van der Waals surface area (Å²) < 4.78 is 29.4. The van der Waals surface area contributed by atoms with Gasteiger partial charge < -0.3 is 9.64 Å². The summed E-state index contributed by atoms with van der Waals surface area (Å²) in [5.41, 5.74) is 0.468. The molecule has 0 saturated carbocycles. The molecule has 2 aromatic rings. The predicted molar refractivity (Wildman–Crippen MR) is 130 cm³/mol. The monoisotopic (exact) mass is 499 g/mol. The van der Waals surface area contributed by atoms with E-state index in [4.69, 9.17) is 4.74 Å². The number of ether oxygens (including phenoxy) is 1. The van der Waals surface area contributed by atoms with Gasteiger partial charge in [0, 0.05) is 39.0 Å². The van der Waals surface area contributed by atoms with Crippen LogP contribution in [0, 0.1) is 0 Å². The van der Waals surface area contributed by atoms with Crippen molar-refractivity contribution in [3.8, 4) is 5.75 Å². The van der Waals surface area contributed by atoms with Crippen molar-refractivity contribution < 1.29 is 27.5 Å². The van der Waals surface area contributed by atoms with Gasteiger partial charge in [0.25, 0.3) is 11.8 Å². The van der Waals surface area contributed by atoms with E-state index in [9.17, 15) is 22.8 Å². The summed E-state index contributed by atoms with van der Waals surface area (Å²) in [5.74, 6) is -1.02. The fourth-order valence-electron chi connectivity index (χ4n) is 4.39. The van der Waals surface area contributed by atoms with Crippen molar-refractivity contribution in [2.45, 2.75) is 12.5 Å². The van der Waals surface area contributed by atoms with Crippen LogP contribution in [0.2, 0.25) is 0 Å².